The summed E-state index contributed by atoms with van der Waals surface area (Å²) in [4.78, 5) is 12.3. The maximum absolute atomic E-state index is 12.3. The zero-order valence-corrected chi connectivity index (χ0v) is 13.5. The SMILES string of the molecule is CCC(CC(=O)NC1CCNCC1C)c1ccc(C)cc1. The molecule has 3 atom stereocenters. The number of nitrogens with one attached hydrogen (secondary N) is 2. The van der Waals surface area contributed by atoms with Crippen molar-refractivity contribution >= 4 is 5.91 Å². The molecule has 3 unspecified atom stereocenters. The Balaban J connectivity index is 1.91. The number of benzene rings is 1. The Bertz CT molecular complexity index is 455. The second kappa shape index (κ2) is 7.60. The number of carbonyl (C=O) groups excluding carboxylic acids is 1. The smallest absolute Gasteiger partial charge is 0.220 e. The second-order valence-electron chi connectivity index (χ2n) is 6.36. The highest BCUT2D eigenvalue weighted by atomic mass is 16.1. The molecule has 1 aromatic rings. The van der Waals surface area contributed by atoms with E-state index < -0.39 is 0 Å². The minimum Gasteiger partial charge on any atom is -0.353 e. The average molecular weight is 288 g/mol. The first-order chi connectivity index (χ1) is 10.1. The summed E-state index contributed by atoms with van der Waals surface area (Å²) in [5, 5.41) is 6.61. The van der Waals surface area contributed by atoms with Crippen LogP contribution < -0.4 is 10.6 Å². The van der Waals surface area contributed by atoms with E-state index in [0.29, 0.717) is 24.3 Å². The number of aryl methyl sites for hydroxylation is 1. The molecule has 1 heterocycles. The van der Waals surface area contributed by atoms with Crippen molar-refractivity contribution in [2.45, 2.75) is 52.0 Å². The molecular formula is C18H28N2O. The van der Waals surface area contributed by atoms with Gasteiger partial charge in [-0.25, -0.2) is 0 Å². The van der Waals surface area contributed by atoms with Gasteiger partial charge in [-0.2, -0.15) is 0 Å². The van der Waals surface area contributed by atoms with Gasteiger partial charge in [0, 0.05) is 12.5 Å². The van der Waals surface area contributed by atoms with E-state index in [-0.39, 0.29) is 5.91 Å². The van der Waals surface area contributed by atoms with Gasteiger partial charge in [0.2, 0.25) is 5.91 Å². The lowest BCUT2D eigenvalue weighted by molar-refractivity contribution is -0.122. The van der Waals surface area contributed by atoms with Crippen molar-refractivity contribution in [3.05, 3.63) is 35.4 Å². The van der Waals surface area contributed by atoms with Gasteiger partial charge in [0.15, 0.2) is 0 Å². The lowest BCUT2D eigenvalue weighted by atomic mass is 9.91. The number of rotatable bonds is 5. The topological polar surface area (TPSA) is 41.1 Å². The third-order valence-electron chi connectivity index (χ3n) is 4.61. The highest BCUT2D eigenvalue weighted by Crippen LogP contribution is 2.24. The minimum atomic E-state index is 0.196. The molecule has 0 aromatic heterocycles. The fraction of sp³-hybridized carbons (Fsp3) is 0.611. The summed E-state index contributed by atoms with van der Waals surface area (Å²) in [6, 6.07) is 8.90. The summed E-state index contributed by atoms with van der Waals surface area (Å²) in [5.41, 5.74) is 2.54. The first kappa shape index (κ1) is 16.0. The molecule has 2 N–H and O–H groups in total. The van der Waals surface area contributed by atoms with Gasteiger partial charge in [0.1, 0.15) is 0 Å². The van der Waals surface area contributed by atoms with Gasteiger partial charge < -0.3 is 10.6 Å². The van der Waals surface area contributed by atoms with Crippen LogP contribution in [0.5, 0.6) is 0 Å². The molecule has 1 aliphatic rings. The summed E-state index contributed by atoms with van der Waals surface area (Å²) in [5.74, 6) is 1.03. The van der Waals surface area contributed by atoms with Crippen LogP contribution in [0.1, 0.15) is 50.2 Å². The van der Waals surface area contributed by atoms with Crippen LogP contribution in [0.2, 0.25) is 0 Å². The maximum Gasteiger partial charge on any atom is 0.220 e. The van der Waals surface area contributed by atoms with E-state index in [1.807, 2.05) is 0 Å². The Labute approximate surface area is 128 Å². The van der Waals surface area contributed by atoms with Gasteiger partial charge in [0.25, 0.3) is 0 Å². The molecule has 0 bridgehead atoms. The molecule has 0 saturated carbocycles. The average Bonchev–Trinajstić information content (AvgIpc) is 2.48. The molecule has 1 aromatic carbocycles. The van der Waals surface area contributed by atoms with Crippen LogP contribution in [-0.2, 0) is 4.79 Å². The molecule has 3 nitrogen and oxygen atoms in total. The number of carbonyl (C=O) groups is 1. The summed E-state index contributed by atoms with van der Waals surface area (Å²) in [7, 11) is 0. The van der Waals surface area contributed by atoms with Gasteiger partial charge in [-0.05, 0) is 50.3 Å². The fourth-order valence-corrected chi connectivity index (χ4v) is 3.05. The number of piperidine rings is 1. The third-order valence-corrected chi connectivity index (χ3v) is 4.61. The Hall–Kier alpha value is -1.35. The van der Waals surface area contributed by atoms with Crippen LogP contribution in [0, 0.1) is 12.8 Å². The molecule has 1 aliphatic heterocycles. The third kappa shape index (κ3) is 4.57. The van der Waals surface area contributed by atoms with E-state index in [1.165, 1.54) is 11.1 Å². The lowest BCUT2D eigenvalue weighted by Crippen LogP contribution is -2.48. The molecule has 2 rings (SSSR count). The molecule has 0 aliphatic carbocycles. The molecule has 1 fully saturated rings. The standard InChI is InChI=1S/C18H28N2O/c1-4-15(16-7-5-13(2)6-8-16)11-18(21)20-17-9-10-19-12-14(17)3/h5-8,14-15,17,19H,4,9-12H2,1-3H3,(H,20,21). The normalized spacial score (nSPS) is 23.6. The summed E-state index contributed by atoms with van der Waals surface area (Å²) in [6.45, 7) is 8.46. The highest BCUT2D eigenvalue weighted by molar-refractivity contribution is 5.77. The molecule has 116 valence electrons. The number of amides is 1. The lowest BCUT2D eigenvalue weighted by Gasteiger charge is -2.30. The van der Waals surface area contributed by atoms with Gasteiger partial charge in [-0.15, -0.1) is 0 Å². The molecule has 0 radical (unpaired) electrons. The van der Waals surface area contributed by atoms with Gasteiger partial charge in [-0.1, -0.05) is 43.7 Å². The predicted octanol–water partition coefficient (Wildman–Crippen LogP) is 2.99. The summed E-state index contributed by atoms with van der Waals surface area (Å²) in [6.07, 6.45) is 2.63. The number of hydrogen-bond donors (Lipinski definition) is 2. The van der Waals surface area contributed by atoms with Gasteiger partial charge in [0.05, 0.1) is 0 Å². The number of hydrogen-bond acceptors (Lipinski definition) is 2. The summed E-state index contributed by atoms with van der Waals surface area (Å²) >= 11 is 0. The van der Waals surface area contributed by atoms with Crippen LogP contribution in [-0.4, -0.2) is 25.0 Å². The fourth-order valence-electron chi connectivity index (χ4n) is 3.05. The van der Waals surface area contributed by atoms with E-state index in [0.717, 1.165) is 25.9 Å². The van der Waals surface area contributed by atoms with Crippen molar-refractivity contribution in [3.8, 4) is 0 Å². The van der Waals surface area contributed by atoms with Crippen LogP contribution in [0.3, 0.4) is 0 Å². The van der Waals surface area contributed by atoms with Crippen LogP contribution in [0.15, 0.2) is 24.3 Å². The zero-order chi connectivity index (χ0) is 15.2. The highest BCUT2D eigenvalue weighted by Gasteiger charge is 2.23. The zero-order valence-electron chi connectivity index (χ0n) is 13.5. The van der Waals surface area contributed by atoms with E-state index in [4.69, 9.17) is 0 Å². The monoisotopic (exact) mass is 288 g/mol. The Morgan fingerprint density at radius 3 is 2.71 bits per heavy atom. The van der Waals surface area contributed by atoms with Crippen molar-refractivity contribution < 1.29 is 4.79 Å². The van der Waals surface area contributed by atoms with Crippen LogP contribution in [0.4, 0.5) is 0 Å². The second-order valence-corrected chi connectivity index (χ2v) is 6.36. The van der Waals surface area contributed by atoms with E-state index in [9.17, 15) is 4.79 Å². The van der Waals surface area contributed by atoms with E-state index >= 15 is 0 Å². The van der Waals surface area contributed by atoms with Crippen molar-refractivity contribution in [1.82, 2.24) is 10.6 Å². The van der Waals surface area contributed by atoms with Crippen molar-refractivity contribution in [2.75, 3.05) is 13.1 Å². The predicted molar refractivity (Wildman–Crippen MR) is 87.4 cm³/mol. The maximum atomic E-state index is 12.3. The molecule has 1 amide bonds. The van der Waals surface area contributed by atoms with E-state index in [1.54, 1.807) is 0 Å². The van der Waals surface area contributed by atoms with Gasteiger partial charge in [-0.3, -0.25) is 4.79 Å². The largest absolute Gasteiger partial charge is 0.353 e. The van der Waals surface area contributed by atoms with Crippen LogP contribution in [0.25, 0.3) is 0 Å². The summed E-state index contributed by atoms with van der Waals surface area (Å²) < 4.78 is 0. The minimum absolute atomic E-state index is 0.196. The molecular weight excluding hydrogens is 260 g/mol. The Kier molecular flexibility index (Phi) is 5.80. The Morgan fingerprint density at radius 1 is 1.38 bits per heavy atom. The van der Waals surface area contributed by atoms with Crippen LogP contribution >= 0.6 is 0 Å². The first-order valence-corrected chi connectivity index (χ1v) is 8.16. The molecule has 1 saturated heterocycles. The van der Waals surface area contributed by atoms with E-state index in [2.05, 4.69) is 55.7 Å². The van der Waals surface area contributed by atoms with Crippen molar-refractivity contribution in [3.63, 3.8) is 0 Å². The molecule has 3 heteroatoms. The molecule has 21 heavy (non-hydrogen) atoms. The first-order valence-electron chi connectivity index (χ1n) is 8.16. The van der Waals surface area contributed by atoms with Crippen molar-refractivity contribution in [2.24, 2.45) is 5.92 Å². The van der Waals surface area contributed by atoms with Crippen molar-refractivity contribution in [1.29, 1.82) is 0 Å². The quantitative estimate of drug-likeness (QED) is 0.874. The molecule has 0 spiro atoms. The van der Waals surface area contributed by atoms with Gasteiger partial charge >= 0.3 is 0 Å². The Morgan fingerprint density at radius 2 is 2.10 bits per heavy atom.